The summed E-state index contributed by atoms with van der Waals surface area (Å²) in [5, 5.41) is 0.668. The van der Waals surface area contributed by atoms with E-state index < -0.39 is 17.4 Å². The van der Waals surface area contributed by atoms with Crippen LogP contribution in [0.1, 0.15) is 31.1 Å². The number of hydrogen-bond acceptors (Lipinski definition) is 9. The van der Waals surface area contributed by atoms with Crippen molar-refractivity contribution in [3.8, 4) is 22.6 Å². The Morgan fingerprint density at radius 1 is 1.00 bits per heavy atom. The number of nitrogens with zero attached hydrogens (tertiary/aromatic N) is 5. The highest BCUT2D eigenvalue weighted by Gasteiger charge is 2.36. The Hall–Kier alpha value is -3.76. The highest BCUT2D eigenvalue weighted by molar-refractivity contribution is 14.2. The molecule has 4 heterocycles. The maximum absolute atomic E-state index is 16.1. The number of carbonyl (C=O) groups excluding carboxylic acids is 2. The van der Waals surface area contributed by atoms with E-state index in [4.69, 9.17) is 14.2 Å². The van der Waals surface area contributed by atoms with Gasteiger partial charge in [0.15, 0.2) is 11.6 Å². The van der Waals surface area contributed by atoms with Gasteiger partial charge in [-0.15, -0.1) is 0 Å². The molecular weight excluding hydrogens is 752 g/mol. The molecule has 4 aromatic rings. The Kier molecular flexibility index (Phi) is 9.69. The first kappa shape index (κ1) is 34.1. The maximum Gasteiger partial charge on any atom is 0.410 e. The molecule has 48 heavy (non-hydrogen) atoms. The molecule has 254 valence electrons. The summed E-state index contributed by atoms with van der Waals surface area (Å²) in [4.78, 5) is 44.1. The van der Waals surface area contributed by atoms with Gasteiger partial charge in [-0.2, -0.15) is 0 Å². The van der Waals surface area contributed by atoms with E-state index in [-0.39, 0.29) is 29.0 Å². The first-order chi connectivity index (χ1) is 22.9. The SMILES string of the molecule is COC(=O)c1ccc(Oc2cccc(N3CC(N4CCN(C(=O)OC(C)(C)C)CC4)C3)c2F)c(-c2cn(C)c(=O)c3c2ccn3SI)c1. The van der Waals surface area contributed by atoms with Crippen LogP contribution in [0.25, 0.3) is 22.0 Å². The lowest BCUT2D eigenvalue weighted by atomic mass is 10.00. The molecule has 0 atom stereocenters. The molecule has 2 aromatic heterocycles. The number of aryl methyl sites for hydroxylation is 1. The van der Waals surface area contributed by atoms with Crippen molar-refractivity contribution in [1.82, 2.24) is 18.3 Å². The summed E-state index contributed by atoms with van der Waals surface area (Å²) < 4.78 is 36.1. The van der Waals surface area contributed by atoms with Crippen LogP contribution < -0.4 is 15.2 Å². The maximum atomic E-state index is 16.1. The summed E-state index contributed by atoms with van der Waals surface area (Å²) in [6.45, 7) is 9.50. The van der Waals surface area contributed by atoms with Crippen LogP contribution in [0.2, 0.25) is 0 Å². The molecule has 2 fully saturated rings. The summed E-state index contributed by atoms with van der Waals surface area (Å²) in [5.74, 6) is -0.670. The predicted molar refractivity (Wildman–Crippen MR) is 193 cm³/mol. The van der Waals surface area contributed by atoms with Crippen molar-refractivity contribution >= 4 is 59.0 Å². The zero-order valence-electron chi connectivity index (χ0n) is 27.4. The lowest BCUT2D eigenvalue weighted by Gasteiger charge is -2.49. The molecule has 0 saturated carbocycles. The number of esters is 1. The lowest BCUT2D eigenvalue weighted by Crippen LogP contribution is -2.63. The Balaban J connectivity index is 1.23. The quantitative estimate of drug-likeness (QED) is 0.158. The number of rotatable bonds is 7. The molecule has 2 saturated heterocycles. The molecule has 0 bridgehead atoms. The number of hydrogen-bond donors (Lipinski definition) is 0. The number of methoxy groups -OCH3 is 1. The largest absolute Gasteiger partial charge is 0.465 e. The average Bonchev–Trinajstić information content (AvgIpc) is 3.48. The highest BCUT2D eigenvalue weighted by atomic mass is 127. The summed E-state index contributed by atoms with van der Waals surface area (Å²) in [7, 11) is 4.33. The van der Waals surface area contributed by atoms with Gasteiger partial charge in [0.05, 0.1) is 18.4 Å². The minimum absolute atomic E-state index is 0.0374. The first-order valence-electron chi connectivity index (χ1n) is 15.5. The third kappa shape index (κ3) is 6.74. The Bertz CT molecular complexity index is 1930. The monoisotopic (exact) mass is 789 g/mol. The normalized spacial score (nSPS) is 15.8. The van der Waals surface area contributed by atoms with Crippen LogP contribution in [0.15, 0.2) is 59.7 Å². The Morgan fingerprint density at radius 3 is 2.40 bits per heavy atom. The van der Waals surface area contributed by atoms with Crippen molar-refractivity contribution in [1.29, 1.82) is 0 Å². The van der Waals surface area contributed by atoms with Crippen LogP contribution in [0.5, 0.6) is 11.5 Å². The van der Waals surface area contributed by atoms with Crippen molar-refractivity contribution in [2.45, 2.75) is 32.4 Å². The highest BCUT2D eigenvalue weighted by Crippen LogP contribution is 2.41. The van der Waals surface area contributed by atoms with E-state index in [0.717, 1.165) is 13.1 Å². The number of aromatic nitrogens is 2. The second-order valence-corrected chi connectivity index (χ2v) is 14.6. The number of carbonyl (C=O) groups is 2. The van der Waals surface area contributed by atoms with E-state index >= 15 is 4.39 Å². The van der Waals surface area contributed by atoms with Crippen LogP contribution in [-0.2, 0) is 16.5 Å². The molecule has 0 spiro atoms. The van der Waals surface area contributed by atoms with Gasteiger partial charge in [-0.25, -0.2) is 14.0 Å². The minimum atomic E-state index is -0.534. The number of ether oxygens (including phenoxy) is 3. The topological polar surface area (TPSA) is 98.5 Å². The minimum Gasteiger partial charge on any atom is -0.465 e. The van der Waals surface area contributed by atoms with Crippen LogP contribution in [0, 0.1) is 5.82 Å². The van der Waals surface area contributed by atoms with E-state index in [0.29, 0.717) is 59.6 Å². The molecule has 2 aliphatic rings. The van der Waals surface area contributed by atoms with Gasteiger partial charge in [0.2, 0.25) is 0 Å². The smallest absolute Gasteiger partial charge is 0.410 e. The molecular formula is C34H37FIN5O6S. The molecule has 0 unspecified atom stereocenters. The number of fused-ring (bicyclic) bond motifs is 1. The number of pyridine rings is 1. The third-order valence-corrected chi connectivity index (χ3v) is 10.3. The molecule has 1 amide bonds. The summed E-state index contributed by atoms with van der Waals surface area (Å²) in [5.41, 5.74) is 1.65. The summed E-state index contributed by atoms with van der Waals surface area (Å²) >= 11 is 2.11. The zero-order valence-corrected chi connectivity index (χ0v) is 30.3. The molecule has 0 radical (unpaired) electrons. The van der Waals surface area contributed by atoms with Crippen LogP contribution in [-0.4, -0.2) is 88.4 Å². The van der Waals surface area contributed by atoms with Crippen molar-refractivity contribution in [3.05, 3.63) is 76.6 Å². The van der Waals surface area contributed by atoms with Crippen molar-refractivity contribution in [2.24, 2.45) is 7.05 Å². The van der Waals surface area contributed by atoms with Gasteiger partial charge >= 0.3 is 12.1 Å². The molecule has 6 rings (SSSR count). The van der Waals surface area contributed by atoms with Crippen LogP contribution in [0.4, 0.5) is 14.9 Å². The van der Waals surface area contributed by atoms with Gasteiger partial charge in [-0.05, 0) is 57.2 Å². The molecule has 0 aliphatic carbocycles. The van der Waals surface area contributed by atoms with Crippen molar-refractivity contribution < 1.29 is 28.2 Å². The van der Waals surface area contributed by atoms with Gasteiger partial charge in [0, 0.05) is 112 Å². The van der Waals surface area contributed by atoms with Gasteiger partial charge in [-0.3, -0.25) is 13.7 Å². The fourth-order valence-corrected chi connectivity index (χ4v) is 7.43. The van der Waals surface area contributed by atoms with Crippen LogP contribution in [0.3, 0.4) is 0 Å². The standard InChI is InChI=1S/C34H37FIN5O6S/c1-34(2,3)47-33(44)39-15-13-38(14-16-39)22-18-40(19-22)26-7-6-8-28(29(26)35)46-27-10-9-21(32(43)45-5)17-24(27)25-20-37(4)31(42)30-23(25)11-12-41(30)48-36/h6-12,17,20,22H,13-16,18-19H2,1-5H3. The van der Waals surface area contributed by atoms with E-state index in [2.05, 4.69) is 26.1 Å². The number of benzene rings is 2. The van der Waals surface area contributed by atoms with Crippen molar-refractivity contribution in [2.75, 3.05) is 51.3 Å². The number of amides is 1. The van der Waals surface area contributed by atoms with Gasteiger partial charge in [-0.1, -0.05) is 6.07 Å². The van der Waals surface area contributed by atoms with Crippen molar-refractivity contribution in [3.63, 3.8) is 0 Å². The molecule has 2 aliphatic heterocycles. The lowest BCUT2D eigenvalue weighted by molar-refractivity contribution is 0.00872. The predicted octanol–water partition coefficient (Wildman–Crippen LogP) is 6.31. The van der Waals surface area contributed by atoms with E-state index in [1.807, 2.05) is 37.9 Å². The van der Waals surface area contributed by atoms with Crippen LogP contribution >= 0.6 is 30.3 Å². The number of halogens is 2. The number of piperazine rings is 1. The van der Waals surface area contributed by atoms with Gasteiger partial charge < -0.3 is 28.6 Å². The van der Waals surface area contributed by atoms with Gasteiger partial charge in [0.1, 0.15) is 16.9 Å². The molecule has 14 heteroatoms. The summed E-state index contributed by atoms with van der Waals surface area (Å²) in [6, 6.07) is 12.0. The number of anilines is 1. The molecule has 2 aromatic carbocycles. The second kappa shape index (κ2) is 13.6. The van der Waals surface area contributed by atoms with E-state index in [9.17, 15) is 14.4 Å². The summed E-state index contributed by atoms with van der Waals surface area (Å²) in [6.07, 6.45) is 3.20. The zero-order chi connectivity index (χ0) is 34.3. The van der Waals surface area contributed by atoms with E-state index in [1.54, 1.807) is 58.5 Å². The van der Waals surface area contributed by atoms with E-state index in [1.165, 1.54) is 20.8 Å². The molecule has 11 nitrogen and oxygen atoms in total. The third-order valence-electron chi connectivity index (χ3n) is 8.60. The fourth-order valence-electron chi connectivity index (χ4n) is 6.10. The molecule has 0 N–H and O–H groups in total. The fraction of sp³-hybridized carbons (Fsp3) is 0.382. The Labute approximate surface area is 294 Å². The van der Waals surface area contributed by atoms with Gasteiger partial charge in [0.25, 0.3) is 5.56 Å². The Morgan fingerprint density at radius 2 is 1.73 bits per heavy atom. The first-order valence-corrected chi connectivity index (χ1v) is 18.9. The average molecular weight is 790 g/mol. The second-order valence-electron chi connectivity index (χ2n) is 12.9.